The van der Waals surface area contributed by atoms with E-state index >= 15 is 0 Å². The van der Waals surface area contributed by atoms with Gasteiger partial charge in [-0.15, -0.1) is 0 Å². The van der Waals surface area contributed by atoms with Gasteiger partial charge in [0.05, 0.1) is 6.61 Å². The molecule has 0 fully saturated rings. The predicted octanol–water partition coefficient (Wildman–Crippen LogP) is 2.83. The highest BCUT2D eigenvalue weighted by Crippen LogP contribution is 2.16. The molecule has 1 unspecified atom stereocenters. The molecule has 14 heavy (non-hydrogen) atoms. The van der Waals surface area contributed by atoms with Gasteiger partial charge in [-0.2, -0.15) is 0 Å². The van der Waals surface area contributed by atoms with Gasteiger partial charge in [-0.3, -0.25) is 0 Å². The van der Waals surface area contributed by atoms with Crippen LogP contribution in [0.4, 0.5) is 0 Å². The van der Waals surface area contributed by atoms with Crippen molar-refractivity contribution in [1.29, 1.82) is 0 Å². The lowest BCUT2D eigenvalue weighted by Gasteiger charge is -2.10. The molecule has 1 atom stereocenters. The van der Waals surface area contributed by atoms with Crippen molar-refractivity contribution in [3.63, 3.8) is 0 Å². The Labute approximate surface area is 93.8 Å². The molecule has 2 nitrogen and oxygen atoms in total. The Morgan fingerprint density at radius 2 is 2.00 bits per heavy atom. The van der Waals surface area contributed by atoms with Crippen LogP contribution in [0.1, 0.15) is 13.3 Å². The average Bonchev–Trinajstić information content (AvgIpc) is 2.21. The van der Waals surface area contributed by atoms with E-state index in [1.54, 1.807) is 0 Å². The fraction of sp³-hybridized carbons (Fsp3) is 0.455. The Kier molecular flexibility index (Phi) is 4.98. The van der Waals surface area contributed by atoms with E-state index in [9.17, 15) is 0 Å². The third-order valence-electron chi connectivity index (χ3n) is 2.13. The summed E-state index contributed by atoms with van der Waals surface area (Å²) < 4.78 is 6.65. The highest BCUT2D eigenvalue weighted by atomic mass is 79.9. The molecule has 0 saturated carbocycles. The van der Waals surface area contributed by atoms with E-state index in [1.165, 1.54) is 0 Å². The highest BCUT2D eigenvalue weighted by molar-refractivity contribution is 9.10. The standard InChI is InChI=1S/C11H16BrNO/c1-9(13-2)7-8-14-11-5-3-10(12)4-6-11/h3-6,9,13H,7-8H2,1-2H3. The first kappa shape index (κ1) is 11.5. The fourth-order valence-corrected chi connectivity index (χ4v) is 1.29. The van der Waals surface area contributed by atoms with Gasteiger partial charge in [-0.05, 0) is 44.7 Å². The van der Waals surface area contributed by atoms with Crippen LogP contribution in [-0.4, -0.2) is 19.7 Å². The van der Waals surface area contributed by atoms with Gasteiger partial charge in [-0.1, -0.05) is 15.9 Å². The second-order valence-corrected chi connectivity index (χ2v) is 4.20. The zero-order chi connectivity index (χ0) is 10.4. The van der Waals surface area contributed by atoms with Gasteiger partial charge in [0.15, 0.2) is 0 Å². The molecule has 1 rings (SSSR count). The minimum Gasteiger partial charge on any atom is -0.494 e. The summed E-state index contributed by atoms with van der Waals surface area (Å²) in [5.41, 5.74) is 0. The molecule has 0 amide bonds. The van der Waals surface area contributed by atoms with Crippen molar-refractivity contribution in [3.05, 3.63) is 28.7 Å². The minimum atomic E-state index is 0.505. The molecule has 0 bridgehead atoms. The first-order valence-corrected chi connectivity index (χ1v) is 5.57. The molecule has 1 aromatic carbocycles. The molecule has 0 saturated heterocycles. The molecule has 0 aromatic heterocycles. The zero-order valence-corrected chi connectivity index (χ0v) is 10.2. The molecule has 0 aliphatic carbocycles. The van der Waals surface area contributed by atoms with Crippen LogP contribution in [0.3, 0.4) is 0 Å². The van der Waals surface area contributed by atoms with Crippen LogP contribution >= 0.6 is 15.9 Å². The summed E-state index contributed by atoms with van der Waals surface area (Å²) >= 11 is 3.38. The van der Waals surface area contributed by atoms with Crippen LogP contribution in [-0.2, 0) is 0 Å². The maximum absolute atomic E-state index is 5.57. The number of halogens is 1. The number of hydrogen-bond donors (Lipinski definition) is 1. The van der Waals surface area contributed by atoms with Gasteiger partial charge < -0.3 is 10.1 Å². The lowest BCUT2D eigenvalue weighted by molar-refractivity contribution is 0.293. The van der Waals surface area contributed by atoms with Crippen molar-refractivity contribution in [3.8, 4) is 5.75 Å². The van der Waals surface area contributed by atoms with E-state index in [1.807, 2.05) is 31.3 Å². The summed E-state index contributed by atoms with van der Waals surface area (Å²) in [6.07, 6.45) is 1.02. The van der Waals surface area contributed by atoms with Crippen LogP contribution in [0.2, 0.25) is 0 Å². The quantitative estimate of drug-likeness (QED) is 0.876. The van der Waals surface area contributed by atoms with Gasteiger partial charge in [0.1, 0.15) is 5.75 Å². The molecule has 0 aliphatic rings. The van der Waals surface area contributed by atoms with Crippen molar-refractivity contribution in [2.45, 2.75) is 19.4 Å². The maximum Gasteiger partial charge on any atom is 0.119 e. The summed E-state index contributed by atoms with van der Waals surface area (Å²) in [4.78, 5) is 0. The summed E-state index contributed by atoms with van der Waals surface area (Å²) in [5.74, 6) is 0.927. The van der Waals surface area contributed by atoms with Gasteiger partial charge in [0, 0.05) is 10.5 Å². The molecule has 0 radical (unpaired) electrons. The Bertz CT molecular complexity index is 260. The van der Waals surface area contributed by atoms with E-state index in [2.05, 4.69) is 28.2 Å². The molecule has 0 spiro atoms. The van der Waals surface area contributed by atoms with E-state index in [4.69, 9.17) is 4.74 Å². The fourth-order valence-electron chi connectivity index (χ4n) is 1.03. The second-order valence-electron chi connectivity index (χ2n) is 3.28. The van der Waals surface area contributed by atoms with Crippen LogP contribution in [0.15, 0.2) is 28.7 Å². The summed E-state index contributed by atoms with van der Waals surface area (Å²) in [6, 6.07) is 8.40. The number of rotatable bonds is 5. The van der Waals surface area contributed by atoms with Crippen LogP contribution in [0.25, 0.3) is 0 Å². The third kappa shape index (κ3) is 4.11. The number of hydrogen-bond acceptors (Lipinski definition) is 2. The largest absolute Gasteiger partial charge is 0.494 e. The van der Waals surface area contributed by atoms with E-state index in [0.717, 1.165) is 23.2 Å². The molecule has 1 aromatic rings. The predicted molar refractivity (Wildman–Crippen MR) is 62.8 cm³/mol. The molecular weight excluding hydrogens is 242 g/mol. The third-order valence-corrected chi connectivity index (χ3v) is 2.65. The van der Waals surface area contributed by atoms with Gasteiger partial charge in [0.2, 0.25) is 0 Å². The number of nitrogens with one attached hydrogen (secondary N) is 1. The van der Waals surface area contributed by atoms with E-state index in [-0.39, 0.29) is 0 Å². The monoisotopic (exact) mass is 257 g/mol. The normalized spacial score (nSPS) is 12.5. The Morgan fingerprint density at radius 3 is 2.57 bits per heavy atom. The first-order chi connectivity index (χ1) is 6.72. The average molecular weight is 258 g/mol. The number of benzene rings is 1. The first-order valence-electron chi connectivity index (χ1n) is 4.78. The summed E-state index contributed by atoms with van der Waals surface area (Å²) in [5, 5.41) is 3.17. The Morgan fingerprint density at radius 1 is 1.36 bits per heavy atom. The maximum atomic E-state index is 5.57. The van der Waals surface area contributed by atoms with Gasteiger partial charge >= 0.3 is 0 Å². The molecular formula is C11H16BrNO. The van der Waals surface area contributed by atoms with E-state index < -0.39 is 0 Å². The van der Waals surface area contributed by atoms with Gasteiger partial charge in [0.25, 0.3) is 0 Å². The van der Waals surface area contributed by atoms with Crippen LogP contribution in [0, 0.1) is 0 Å². The van der Waals surface area contributed by atoms with Crippen molar-refractivity contribution >= 4 is 15.9 Å². The molecule has 0 aliphatic heterocycles. The van der Waals surface area contributed by atoms with Gasteiger partial charge in [-0.25, -0.2) is 0 Å². The minimum absolute atomic E-state index is 0.505. The topological polar surface area (TPSA) is 21.3 Å². The number of ether oxygens (including phenoxy) is 1. The lowest BCUT2D eigenvalue weighted by atomic mass is 10.2. The van der Waals surface area contributed by atoms with Crippen molar-refractivity contribution < 1.29 is 4.74 Å². The molecule has 78 valence electrons. The molecule has 3 heteroatoms. The second kappa shape index (κ2) is 6.04. The summed E-state index contributed by atoms with van der Waals surface area (Å²) in [7, 11) is 1.96. The van der Waals surface area contributed by atoms with E-state index in [0.29, 0.717) is 6.04 Å². The summed E-state index contributed by atoms with van der Waals surface area (Å²) in [6.45, 7) is 2.90. The molecule has 0 heterocycles. The Balaban J connectivity index is 2.28. The van der Waals surface area contributed by atoms with Crippen molar-refractivity contribution in [1.82, 2.24) is 5.32 Å². The van der Waals surface area contributed by atoms with Crippen molar-refractivity contribution in [2.75, 3.05) is 13.7 Å². The molecule has 1 N–H and O–H groups in total. The SMILES string of the molecule is CNC(C)CCOc1ccc(Br)cc1. The Hall–Kier alpha value is -0.540. The van der Waals surface area contributed by atoms with Crippen LogP contribution in [0.5, 0.6) is 5.75 Å². The zero-order valence-electron chi connectivity index (χ0n) is 8.59. The smallest absolute Gasteiger partial charge is 0.119 e. The highest BCUT2D eigenvalue weighted by Gasteiger charge is 1.98. The van der Waals surface area contributed by atoms with Crippen LogP contribution < -0.4 is 10.1 Å². The lowest BCUT2D eigenvalue weighted by Crippen LogP contribution is -2.23. The van der Waals surface area contributed by atoms with Crippen molar-refractivity contribution in [2.24, 2.45) is 0 Å².